The topological polar surface area (TPSA) is 28.4 Å². The van der Waals surface area contributed by atoms with Crippen LogP contribution in [0.1, 0.15) is 50.2 Å². The van der Waals surface area contributed by atoms with Crippen molar-refractivity contribution in [1.82, 2.24) is 10.2 Å². The standard InChI is InChI=1S/C15H28N2O/c1-5-7-9-17(4)12-14-10-15(18-13(14)3)11-16-8-6-2/h10,16H,5-9,11-12H2,1-4H3. The number of rotatable bonds is 9. The Hall–Kier alpha value is -0.800. The van der Waals surface area contributed by atoms with Gasteiger partial charge in [0, 0.05) is 12.1 Å². The van der Waals surface area contributed by atoms with Crippen LogP contribution in [-0.4, -0.2) is 25.0 Å². The first-order valence-corrected chi connectivity index (χ1v) is 7.14. The van der Waals surface area contributed by atoms with Gasteiger partial charge in [0.2, 0.25) is 0 Å². The molecule has 1 heterocycles. The third-order valence-electron chi connectivity index (χ3n) is 3.13. The van der Waals surface area contributed by atoms with Crippen LogP contribution in [0, 0.1) is 6.92 Å². The summed E-state index contributed by atoms with van der Waals surface area (Å²) in [4.78, 5) is 2.37. The van der Waals surface area contributed by atoms with Gasteiger partial charge in [0.1, 0.15) is 11.5 Å². The van der Waals surface area contributed by atoms with Crippen molar-refractivity contribution in [2.75, 3.05) is 20.1 Å². The Morgan fingerprint density at radius 2 is 2.06 bits per heavy atom. The molecule has 1 aromatic heterocycles. The number of unbranched alkanes of at least 4 members (excludes halogenated alkanes) is 1. The van der Waals surface area contributed by atoms with Crippen molar-refractivity contribution in [2.24, 2.45) is 0 Å². The monoisotopic (exact) mass is 252 g/mol. The van der Waals surface area contributed by atoms with Crippen LogP contribution in [0.25, 0.3) is 0 Å². The van der Waals surface area contributed by atoms with Gasteiger partial charge in [-0.2, -0.15) is 0 Å². The summed E-state index contributed by atoms with van der Waals surface area (Å²) >= 11 is 0. The van der Waals surface area contributed by atoms with Crippen molar-refractivity contribution in [1.29, 1.82) is 0 Å². The van der Waals surface area contributed by atoms with E-state index in [2.05, 4.69) is 44.1 Å². The average Bonchev–Trinajstić information content (AvgIpc) is 2.68. The third kappa shape index (κ3) is 5.23. The van der Waals surface area contributed by atoms with Crippen LogP contribution in [0.15, 0.2) is 10.5 Å². The highest BCUT2D eigenvalue weighted by Crippen LogP contribution is 2.16. The summed E-state index contributed by atoms with van der Waals surface area (Å²) in [5.74, 6) is 2.12. The van der Waals surface area contributed by atoms with E-state index < -0.39 is 0 Å². The number of nitrogens with one attached hydrogen (secondary N) is 1. The Morgan fingerprint density at radius 1 is 1.28 bits per heavy atom. The number of furan rings is 1. The summed E-state index contributed by atoms with van der Waals surface area (Å²) in [5, 5.41) is 3.37. The molecule has 104 valence electrons. The van der Waals surface area contributed by atoms with Crippen LogP contribution >= 0.6 is 0 Å². The SMILES string of the molecule is CCCCN(C)Cc1cc(CNCCC)oc1C. The average molecular weight is 252 g/mol. The Bertz CT molecular complexity index is 333. The van der Waals surface area contributed by atoms with E-state index in [1.54, 1.807) is 0 Å². The van der Waals surface area contributed by atoms with Crippen LogP contribution in [0.5, 0.6) is 0 Å². The fourth-order valence-electron chi connectivity index (χ4n) is 2.02. The van der Waals surface area contributed by atoms with Gasteiger partial charge >= 0.3 is 0 Å². The van der Waals surface area contributed by atoms with E-state index in [0.717, 1.165) is 44.1 Å². The second-order valence-corrected chi connectivity index (χ2v) is 5.06. The lowest BCUT2D eigenvalue weighted by atomic mass is 10.2. The second-order valence-electron chi connectivity index (χ2n) is 5.06. The minimum Gasteiger partial charge on any atom is -0.465 e. The molecule has 1 rings (SSSR count). The van der Waals surface area contributed by atoms with Crippen LogP contribution in [0.4, 0.5) is 0 Å². The van der Waals surface area contributed by atoms with E-state index >= 15 is 0 Å². The third-order valence-corrected chi connectivity index (χ3v) is 3.13. The second kappa shape index (κ2) is 8.33. The summed E-state index contributed by atoms with van der Waals surface area (Å²) in [7, 11) is 2.18. The fraction of sp³-hybridized carbons (Fsp3) is 0.733. The Morgan fingerprint density at radius 3 is 2.72 bits per heavy atom. The number of nitrogens with zero attached hydrogens (tertiary/aromatic N) is 1. The lowest BCUT2D eigenvalue weighted by Gasteiger charge is -2.15. The molecule has 0 aliphatic rings. The van der Waals surface area contributed by atoms with E-state index in [9.17, 15) is 0 Å². The van der Waals surface area contributed by atoms with Gasteiger partial charge < -0.3 is 14.6 Å². The molecular formula is C15H28N2O. The zero-order valence-corrected chi connectivity index (χ0v) is 12.4. The van der Waals surface area contributed by atoms with E-state index in [4.69, 9.17) is 4.42 Å². The predicted octanol–water partition coefficient (Wildman–Crippen LogP) is 3.32. The molecule has 3 heteroatoms. The predicted molar refractivity (Wildman–Crippen MR) is 76.7 cm³/mol. The van der Waals surface area contributed by atoms with Crippen molar-refractivity contribution >= 4 is 0 Å². The number of aryl methyl sites for hydroxylation is 1. The highest BCUT2D eigenvalue weighted by Gasteiger charge is 2.09. The molecule has 1 aromatic rings. The summed E-state index contributed by atoms with van der Waals surface area (Å²) in [6.45, 7) is 10.5. The van der Waals surface area contributed by atoms with Crippen molar-refractivity contribution in [3.8, 4) is 0 Å². The summed E-state index contributed by atoms with van der Waals surface area (Å²) < 4.78 is 5.78. The van der Waals surface area contributed by atoms with E-state index in [-0.39, 0.29) is 0 Å². The Labute approximate surface area is 112 Å². The van der Waals surface area contributed by atoms with Gasteiger partial charge in [0.25, 0.3) is 0 Å². The molecule has 0 amide bonds. The highest BCUT2D eigenvalue weighted by molar-refractivity contribution is 5.20. The molecule has 0 fully saturated rings. The molecule has 3 nitrogen and oxygen atoms in total. The molecule has 0 spiro atoms. The molecule has 0 aliphatic heterocycles. The van der Waals surface area contributed by atoms with Crippen LogP contribution in [0.3, 0.4) is 0 Å². The molecule has 0 bridgehead atoms. The quantitative estimate of drug-likeness (QED) is 0.683. The van der Waals surface area contributed by atoms with E-state index in [1.807, 2.05) is 0 Å². The van der Waals surface area contributed by atoms with Crippen molar-refractivity contribution in [3.05, 3.63) is 23.2 Å². The van der Waals surface area contributed by atoms with Gasteiger partial charge in [0.15, 0.2) is 0 Å². The smallest absolute Gasteiger partial charge is 0.118 e. The Kier molecular flexibility index (Phi) is 7.06. The van der Waals surface area contributed by atoms with Crippen molar-refractivity contribution in [3.63, 3.8) is 0 Å². The lowest BCUT2D eigenvalue weighted by molar-refractivity contribution is 0.318. The van der Waals surface area contributed by atoms with Gasteiger partial charge in [-0.25, -0.2) is 0 Å². The number of hydrogen-bond acceptors (Lipinski definition) is 3. The Balaban J connectivity index is 2.45. The minimum atomic E-state index is 0.841. The van der Waals surface area contributed by atoms with Gasteiger partial charge in [0.05, 0.1) is 6.54 Å². The normalized spacial score (nSPS) is 11.4. The van der Waals surface area contributed by atoms with Gasteiger partial charge in [-0.1, -0.05) is 20.3 Å². The molecule has 1 N–H and O–H groups in total. The van der Waals surface area contributed by atoms with Crippen molar-refractivity contribution < 1.29 is 4.42 Å². The molecule has 0 aromatic carbocycles. The van der Waals surface area contributed by atoms with E-state index in [1.165, 1.54) is 18.4 Å². The molecular weight excluding hydrogens is 224 g/mol. The maximum atomic E-state index is 5.78. The maximum absolute atomic E-state index is 5.78. The first-order valence-electron chi connectivity index (χ1n) is 7.14. The minimum absolute atomic E-state index is 0.841. The lowest BCUT2D eigenvalue weighted by Crippen LogP contribution is -2.19. The maximum Gasteiger partial charge on any atom is 0.118 e. The molecule has 0 aliphatic carbocycles. The highest BCUT2D eigenvalue weighted by atomic mass is 16.3. The molecule has 0 radical (unpaired) electrons. The van der Waals surface area contributed by atoms with Gasteiger partial charge in [-0.3, -0.25) is 0 Å². The first kappa shape index (κ1) is 15.3. The molecule has 0 saturated carbocycles. The zero-order chi connectivity index (χ0) is 13.4. The molecule has 0 atom stereocenters. The zero-order valence-electron chi connectivity index (χ0n) is 12.4. The van der Waals surface area contributed by atoms with Crippen LogP contribution in [0.2, 0.25) is 0 Å². The largest absolute Gasteiger partial charge is 0.465 e. The fourth-order valence-corrected chi connectivity index (χ4v) is 2.02. The van der Waals surface area contributed by atoms with Crippen LogP contribution < -0.4 is 5.32 Å². The number of hydrogen-bond donors (Lipinski definition) is 1. The summed E-state index contributed by atoms with van der Waals surface area (Å²) in [5.41, 5.74) is 1.32. The molecule has 0 unspecified atom stereocenters. The van der Waals surface area contributed by atoms with Gasteiger partial charge in [-0.15, -0.1) is 0 Å². The van der Waals surface area contributed by atoms with Crippen molar-refractivity contribution in [2.45, 2.75) is 53.1 Å². The molecule has 0 saturated heterocycles. The van der Waals surface area contributed by atoms with Crippen LogP contribution in [-0.2, 0) is 13.1 Å². The summed E-state index contributed by atoms with van der Waals surface area (Å²) in [6, 6.07) is 2.19. The van der Waals surface area contributed by atoms with E-state index in [0.29, 0.717) is 0 Å². The van der Waals surface area contributed by atoms with Gasteiger partial charge in [-0.05, 0) is 46.0 Å². The summed E-state index contributed by atoms with van der Waals surface area (Å²) in [6.07, 6.45) is 3.67. The first-order chi connectivity index (χ1) is 8.67. The molecule has 18 heavy (non-hydrogen) atoms.